The minimum atomic E-state index is -0.908. The first kappa shape index (κ1) is 19.8. The smallest absolute Gasteiger partial charge is 0.346 e. The number of rotatable bonds is 1. The van der Waals surface area contributed by atoms with Gasteiger partial charge in [-0.1, -0.05) is 44.7 Å². The number of esters is 4. The van der Waals surface area contributed by atoms with Crippen LogP contribution in [0.5, 0.6) is 0 Å². The Kier molecular flexibility index (Phi) is 7.51. The fraction of sp³-hybridized carbons (Fsp3) is 0.500. The molecule has 0 radical (unpaired) electrons. The summed E-state index contributed by atoms with van der Waals surface area (Å²) in [5.74, 6) is -3.35. The average molecular weight is 360 g/mol. The molecule has 1 atom stereocenters. The second kappa shape index (κ2) is 9.85. The van der Waals surface area contributed by atoms with E-state index in [2.05, 4.69) is 0 Å². The predicted octanol–water partition coefficient (Wildman–Crippen LogP) is 3.82. The Morgan fingerprint density at radius 3 is 2.08 bits per heavy atom. The van der Waals surface area contributed by atoms with Crippen molar-refractivity contribution in [2.24, 2.45) is 5.92 Å². The largest absolute Gasteiger partial charge is 0.389 e. The van der Waals surface area contributed by atoms with Crippen molar-refractivity contribution in [1.29, 1.82) is 0 Å². The number of carbonyl (C=O) groups is 4. The fourth-order valence-corrected chi connectivity index (χ4v) is 2.96. The third-order valence-electron chi connectivity index (χ3n) is 4.53. The van der Waals surface area contributed by atoms with Gasteiger partial charge < -0.3 is 9.47 Å². The van der Waals surface area contributed by atoms with Crippen LogP contribution in [0.25, 0.3) is 0 Å². The minimum Gasteiger partial charge on any atom is -0.389 e. The van der Waals surface area contributed by atoms with E-state index in [9.17, 15) is 19.2 Å². The van der Waals surface area contributed by atoms with Crippen molar-refractivity contribution in [3.63, 3.8) is 0 Å². The molecule has 140 valence electrons. The van der Waals surface area contributed by atoms with E-state index in [1.165, 1.54) is 12.1 Å². The van der Waals surface area contributed by atoms with Crippen LogP contribution < -0.4 is 0 Å². The summed E-state index contributed by atoms with van der Waals surface area (Å²) in [6.45, 7) is 1.88. The van der Waals surface area contributed by atoms with Crippen molar-refractivity contribution >= 4 is 23.9 Å². The molecule has 1 aliphatic heterocycles. The van der Waals surface area contributed by atoms with Crippen LogP contribution in [0.1, 0.15) is 79.0 Å². The van der Waals surface area contributed by atoms with Gasteiger partial charge in [-0.05, 0) is 31.4 Å². The molecule has 0 bridgehead atoms. The van der Waals surface area contributed by atoms with Gasteiger partial charge in [-0.25, -0.2) is 9.59 Å². The van der Waals surface area contributed by atoms with E-state index in [4.69, 9.17) is 9.47 Å². The second-order valence-corrected chi connectivity index (χ2v) is 6.43. The summed E-state index contributed by atoms with van der Waals surface area (Å²) >= 11 is 0. The molecule has 0 spiro atoms. The van der Waals surface area contributed by atoms with Gasteiger partial charge in [-0.2, -0.15) is 0 Å². The van der Waals surface area contributed by atoms with Crippen LogP contribution in [0.3, 0.4) is 0 Å². The van der Waals surface area contributed by atoms with E-state index in [0.717, 1.165) is 25.7 Å². The van der Waals surface area contributed by atoms with Crippen LogP contribution in [0.4, 0.5) is 0 Å². The summed E-state index contributed by atoms with van der Waals surface area (Å²) in [6.07, 6.45) is 5.65. The van der Waals surface area contributed by atoms with Crippen LogP contribution in [0.2, 0.25) is 0 Å². The highest BCUT2D eigenvalue weighted by Crippen LogP contribution is 2.19. The second-order valence-electron chi connectivity index (χ2n) is 6.43. The number of fused-ring (bicyclic) bond motifs is 1. The Labute approximate surface area is 152 Å². The van der Waals surface area contributed by atoms with Crippen molar-refractivity contribution in [2.45, 2.75) is 58.3 Å². The Morgan fingerprint density at radius 1 is 0.846 bits per heavy atom. The van der Waals surface area contributed by atoms with Gasteiger partial charge in [0.05, 0.1) is 17.0 Å². The molecular formula is C20H24O6. The number of hydrogen-bond acceptors (Lipinski definition) is 6. The highest BCUT2D eigenvalue weighted by Gasteiger charge is 2.26. The van der Waals surface area contributed by atoms with Gasteiger partial charge in [0.2, 0.25) is 0 Å². The molecule has 26 heavy (non-hydrogen) atoms. The molecule has 2 rings (SSSR count). The lowest BCUT2D eigenvalue weighted by molar-refractivity contribution is -0.143. The van der Waals surface area contributed by atoms with E-state index in [-0.39, 0.29) is 23.5 Å². The van der Waals surface area contributed by atoms with Crippen LogP contribution in [-0.2, 0) is 19.1 Å². The van der Waals surface area contributed by atoms with E-state index in [1.807, 2.05) is 6.92 Å². The number of carbonyl (C=O) groups excluding carboxylic acids is 4. The molecule has 1 aromatic carbocycles. The van der Waals surface area contributed by atoms with Crippen molar-refractivity contribution < 1.29 is 28.7 Å². The van der Waals surface area contributed by atoms with Gasteiger partial charge in [0.15, 0.2) is 0 Å². The van der Waals surface area contributed by atoms with Crippen LogP contribution in [0, 0.1) is 5.92 Å². The third kappa shape index (κ3) is 5.51. The van der Waals surface area contributed by atoms with E-state index < -0.39 is 23.9 Å². The molecule has 0 saturated carbocycles. The Morgan fingerprint density at radius 2 is 1.42 bits per heavy atom. The van der Waals surface area contributed by atoms with Gasteiger partial charge in [-0.15, -0.1) is 0 Å². The van der Waals surface area contributed by atoms with Crippen molar-refractivity contribution in [1.82, 2.24) is 0 Å². The van der Waals surface area contributed by atoms with Crippen LogP contribution in [-0.4, -0.2) is 23.9 Å². The maximum atomic E-state index is 12.4. The molecule has 1 heterocycles. The van der Waals surface area contributed by atoms with Crippen molar-refractivity contribution in [3.8, 4) is 0 Å². The first-order chi connectivity index (χ1) is 12.5. The lowest BCUT2D eigenvalue weighted by atomic mass is 9.98. The van der Waals surface area contributed by atoms with Crippen LogP contribution in [0.15, 0.2) is 24.3 Å². The first-order valence-electron chi connectivity index (χ1n) is 9.13. The Hall–Kier alpha value is -2.50. The number of ether oxygens (including phenoxy) is 2. The molecule has 1 aliphatic rings. The summed E-state index contributed by atoms with van der Waals surface area (Å²) in [5, 5.41) is 0. The Balaban J connectivity index is 2.24. The average Bonchev–Trinajstić information content (AvgIpc) is 2.63. The molecular weight excluding hydrogens is 336 g/mol. The maximum absolute atomic E-state index is 12.4. The minimum absolute atomic E-state index is 0.0828. The lowest BCUT2D eigenvalue weighted by Gasteiger charge is -2.14. The third-order valence-corrected chi connectivity index (χ3v) is 4.53. The summed E-state index contributed by atoms with van der Waals surface area (Å²) < 4.78 is 9.81. The molecule has 0 N–H and O–H groups in total. The molecule has 6 heteroatoms. The first-order valence-corrected chi connectivity index (χ1v) is 9.13. The number of hydrogen-bond donors (Lipinski definition) is 0. The lowest BCUT2D eigenvalue weighted by Crippen LogP contribution is -2.23. The fourth-order valence-electron chi connectivity index (χ4n) is 2.96. The zero-order valence-corrected chi connectivity index (χ0v) is 15.0. The highest BCUT2D eigenvalue weighted by atomic mass is 16.6. The monoisotopic (exact) mass is 360 g/mol. The van der Waals surface area contributed by atoms with Crippen molar-refractivity contribution in [2.75, 3.05) is 0 Å². The van der Waals surface area contributed by atoms with Gasteiger partial charge >= 0.3 is 23.9 Å². The normalized spacial score (nSPS) is 20.9. The molecule has 1 unspecified atom stereocenters. The maximum Gasteiger partial charge on any atom is 0.346 e. The zero-order valence-electron chi connectivity index (χ0n) is 15.0. The highest BCUT2D eigenvalue weighted by molar-refractivity contribution is 6.07. The molecule has 0 fully saturated rings. The Bertz CT molecular complexity index is 679. The molecule has 6 nitrogen and oxygen atoms in total. The summed E-state index contributed by atoms with van der Waals surface area (Å²) in [7, 11) is 0. The number of benzene rings is 1. The zero-order chi connectivity index (χ0) is 18.9. The summed E-state index contributed by atoms with van der Waals surface area (Å²) in [5.41, 5.74) is -0.167. The van der Waals surface area contributed by atoms with E-state index in [1.54, 1.807) is 12.1 Å². The van der Waals surface area contributed by atoms with E-state index in [0.29, 0.717) is 19.3 Å². The molecule has 0 saturated heterocycles. The molecule has 0 aromatic heterocycles. The summed E-state index contributed by atoms with van der Waals surface area (Å²) in [6, 6.07) is 5.85. The van der Waals surface area contributed by atoms with Crippen LogP contribution >= 0.6 is 0 Å². The SMILES string of the molecule is CCC1CCCCCCCC(=O)OC(=O)c2ccccc2C(=O)OC1=O. The van der Waals surface area contributed by atoms with Gasteiger partial charge in [0.1, 0.15) is 0 Å². The van der Waals surface area contributed by atoms with E-state index >= 15 is 0 Å². The van der Waals surface area contributed by atoms with Gasteiger partial charge in [-0.3, -0.25) is 9.59 Å². The van der Waals surface area contributed by atoms with Gasteiger partial charge in [0.25, 0.3) is 0 Å². The summed E-state index contributed by atoms with van der Waals surface area (Å²) in [4.78, 5) is 48.7. The number of cyclic esters (lactones) is 4. The topological polar surface area (TPSA) is 86.7 Å². The molecule has 0 aliphatic carbocycles. The van der Waals surface area contributed by atoms with Crippen molar-refractivity contribution in [3.05, 3.63) is 35.4 Å². The predicted molar refractivity (Wildman–Crippen MR) is 93.4 cm³/mol. The van der Waals surface area contributed by atoms with Gasteiger partial charge in [0, 0.05) is 6.42 Å². The molecule has 1 aromatic rings. The molecule has 0 amide bonds. The quantitative estimate of drug-likeness (QED) is 0.559. The standard InChI is InChI=1S/C20H24O6/c1-2-14-10-6-4-3-5-7-13-17(21)25-19(23)15-11-8-9-12-16(15)20(24)26-18(14)22/h8-9,11-12,14H,2-7,10,13H2,1H3.